The van der Waals surface area contributed by atoms with Crippen LogP contribution in [0.4, 0.5) is 11.4 Å². The number of fused-ring (bicyclic) bond motifs is 2. The summed E-state index contributed by atoms with van der Waals surface area (Å²) in [6, 6.07) is 13.9. The predicted octanol–water partition coefficient (Wildman–Crippen LogP) is 3.76. The molecule has 0 unspecified atom stereocenters. The number of para-hydroxylation sites is 1. The number of piperidine rings is 1. The Morgan fingerprint density at radius 2 is 1.86 bits per heavy atom. The van der Waals surface area contributed by atoms with Crippen molar-refractivity contribution in [3.63, 3.8) is 0 Å². The monoisotopic (exact) mass is 501 g/mol. The molecule has 184 valence electrons. The summed E-state index contributed by atoms with van der Waals surface area (Å²) in [4.78, 5) is 46.9. The summed E-state index contributed by atoms with van der Waals surface area (Å²) < 4.78 is 2.66. The smallest absolute Gasteiger partial charge is 0.265 e. The quantitative estimate of drug-likeness (QED) is 0.459. The molecule has 2 aromatic carbocycles. The summed E-state index contributed by atoms with van der Waals surface area (Å²) in [6.45, 7) is 2.05. The SMILES string of the molecule is Cn1c(=O)c(C(N)=O)c(N2CCC(c3nc4ccccc4s3)CC2)c2ccc(N3CCCC3=O)cc21. The van der Waals surface area contributed by atoms with Crippen molar-refractivity contribution in [2.45, 2.75) is 31.6 Å². The Hall–Kier alpha value is -3.72. The number of hydrogen-bond donors (Lipinski definition) is 1. The summed E-state index contributed by atoms with van der Waals surface area (Å²) in [7, 11) is 1.65. The number of nitrogens with zero attached hydrogens (tertiary/aromatic N) is 4. The highest BCUT2D eigenvalue weighted by Crippen LogP contribution is 2.38. The maximum Gasteiger partial charge on any atom is 0.265 e. The minimum Gasteiger partial charge on any atom is -0.370 e. The molecule has 36 heavy (non-hydrogen) atoms. The summed E-state index contributed by atoms with van der Waals surface area (Å²) in [5.74, 6) is -0.300. The van der Waals surface area contributed by atoms with Gasteiger partial charge in [-0.2, -0.15) is 0 Å². The number of carbonyl (C=O) groups excluding carboxylic acids is 2. The molecule has 2 aliphatic heterocycles. The van der Waals surface area contributed by atoms with E-state index in [0.29, 0.717) is 43.2 Å². The van der Waals surface area contributed by atoms with Gasteiger partial charge in [-0.25, -0.2) is 4.98 Å². The number of primary amides is 1. The van der Waals surface area contributed by atoms with Gasteiger partial charge in [-0.3, -0.25) is 14.4 Å². The molecule has 2 aromatic heterocycles. The Morgan fingerprint density at radius 3 is 2.56 bits per heavy atom. The lowest BCUT2D eigenvalue weighted by Crippen LogP contribution is -2.38. The fraction of sp³-hybridized carbons (Fsp3) is 0.333. The Labute approximate surface area is 211 Å². The maximum atomic E-state index is 13.3. The van der Waals surface area contributed by atoms with Crippen LogP contribution in [0.2, 0.25) is 0 Å². The lowest BCUT2D eigenvalue weighted by atomic mass is 9.95. The van der Waals surface area contributed by atoms with Crippen molar-refractivity contribution in [2.24, 2.45) is 12.8 Å². The third-order valence-corrected chi connectivity index (χ3v) is 8.65. The van der Waals surface area contributed by atoms with Gasteiger partial charge in [0.1, 0.15) is 5.56 Å². The van der Waals surface area contributed by atoms with Crippen molar-refractivity contribution in [2.75, 3.05) is 29.4 Å². The Morgan fingerprint density at radius 1 is 1.08 bits per heavy atom. The van der Waals surface area contributed by atoms with Crippen LogP contribution >= 0.6 is 11.3 Å². The molecule has 2 amide bonds. The van der Waals surface area contributed by atoms with Gasteiger partial charge < -0.3 is 20.1 Å². The van der Waals surface area contributed by atoms with Crippen LogP contribution in [0.25, 0.3) is 21.1 Å². The Balaban J connectivity index is 1.38. The molecule has 0 bridgehead atoms. The van der Waals surface area contributed by atoms with Crippen LogP contribution in [0.5, 0.6) is 0 Å². The number of rotatable bonds is 4. The number of aromatic nitrogens is 2. The van der Waals surface area contributed by atoms with E-state index >= 15 is 0 Å². The van der Waals surface area contributed by atoms with E-state index in [4.69, 9.17) is 10.7 Å². The molecular formula is C27H27N5O3S. The number of carbonyl (C=O) groups is 2. The molecule has 0 aliphatic carbocycles. The first kappa shape index (κ1) is 22.7. The van der Waals surface area contributed by atoms with Crippen molar-refractivity contribution in [3.05, 3.63) is 63.4 Å². The van der Waals surface area contributed by atoms with Crippen molar-refractivity contribution < 1.29 is 9.59 Å². The average molecular weight is 502 g/mol. The molecule has 8 nitrogen and oxygen atoms in total. The van der Waals surface area contributed by atoms with Gasteiger partial charge in [-0.15, -0.1) is 11.3 Å². The highest BCUT2D eigenvalue weighted by Gasteiger charge is 2.30. The van der Waals surface area contributed by atoms with E-state index in [1.54, 1.807) is 23.3 Å². The maximum absolute atomic E-state index is 13.3. The van der Waals surface area contributed by atoms with Crippen LogP contribution in [-0.2, 0) is 11.8 Å². The first-order valence-electron chi connectivity index (χ1n) is 12.3. The van der Waals surface area contributed by atoms with Gasteiger partial charge in [0.25, 0.3) is 11.5 Å². The van der Waals surface area contributed by atoms with Gasteiger partial charge in [0.15, 0.2) is 0 Å². The predicted molar refractivity (Wildman–Crippen MR) is 143 cm³/mol. The van der Waals surface area contributed by atoms with Crippen molar-refractivity contribution in [1.29, 1.82) is 0 Å². The standard InChI is InChI=1S/C27H27N5O3S/c1-30-20-15-17(32-12-4-7-22(32)33)8-9-18(20)24(23(25(28)34)27(30)35)31-13-10-16(11-14-31)26-29-19-5-2-3-6-21(19)36-26/h2-3,5-6,8-9,15-16H,4,7,10-14H2,1H3,(H2,28,34). The number of nitrogens with two attached hydrogens (primary N) is 1. The van der Waals surface area contributed by atoms with Crippen LogP contribution in [0, 0.1) is 0 Å². The van der Waals surface area contributed by atoms with Crippen LogP contribution in [0.1, 0.15) is 47.0 Å². The molecule has 2 N–H and O–H groups in total. The zero-order chi connectivity index (χ0) is 25.0. The zero-order valence-electron chi connectivity index (χ0n) is 20.1. The van der Waals surface area contributed by atoms with Gasteiger partial charge in [-0.1, -0.05) is 12.1 Å². The number of anilines is 2. The Kier molecular flexibility index (Phi) is 5.52. The van der Waals surface area contributed by atoms with Crippen LogP contribution in [-0.4, -0.2) is 41.0 Å². The lowest BCUT2D eigenvalue weighted by molar-refractivity contribution is -0.117. The molecule has 2 fully saturated rings. The molecule has 6 rings (SSSR count). The first-order chi connectivity index (χ1) is 17.4. The van der Waals surface area contributed by atoms with Gasteiger partial charge in [0.2, 0.25) is 5.91 Å². The molecule has 9 heteroatoms. The summed E-state index contributed by atoms with van der Waals surface area (Å²) >= 11 is 1.74. The van der Waals surface area contributed by atoms with E-state index in [-0.39, 0.29) is 11.5 Å². The summed E-state index contributed by atoms with van der Waals surface area (Å²) in [5, 5.41) is 1.93. The summed E-state index contributed by atoms with van der Waals surface area (Å²) in [6.07, 6.45) is 3.10. The van der Waals surface area contributed by atoms with Crippen molar-refractivity contribution in [1.82, 2.24) is 9.55 Å². The molecule has 4 heterocycles. The number of pyridine rings is 1. The number of hydrogen-bond acceptors (Lipinski definition) is 6. The van der Waals surface area contributed by atoms with E-state index in [2.05, 4.69) is 11.0 Å². The van der Waals surface area contributed by atoms with Crippen LogP contribution in [0.15, 0.2) is 47.3 Å². The third-order valence-electron chi connectivity index (χ3n) is 7.46. The van der Waals surface area contributed by atoms with Crippen molar-refractivity contribution in [3.8, 4) is 0 Å². The average Bonchev–Trinajstić information content (AvgIpc) is 3.52. The molecular weight excluding hydrogens is 474 g/mol. The second-order valence-corrected chi connectivity index (χ2v) is 10.6. The fourth-order valence-electron chi connectivity index (χ4n) is 5.57. The molecule has 0 atom stereocenters. The van der Waals surface area contributed by atoms with Crippen molar-refractivity contribution >= 4 is 55.6 Å². The van der Waals surface area contributed by atoms with Gasteiger partial charge in [0, 0.05) is 50.1 Å². The van der Waals surface area contributed by atoms with E-state index in [1.807, 2.05) is 36.4 Å². The molecule has 2 saturated heterocycles. The number of thiazole rings is 1. The van der Waals surface area contributed by atoms with Crippen LogP contribution < -0.4 is 21.1 Å². The summed E-state index contributed by atoms with van der Waals surface area (Å²) in [5.41, 5.74) is 8.44. The fourth-order valence-corrected chi connectivity index (χ4v) is 6.70. The largest absolute Gasteiger partial charge is 0.370 e. The second kappa shape index (κ2) is 8.74. The minimum atomic E-state index is -0.723. The van der Waals surface area contributed by atoms with E-state index < -0.39 is 11.5 Å². The molecule has 0 radical (unpaired) electrons. The number of amides is 2. The topological polar surface area (TPSA) is 102 Å². The highest BCUT2D eigenvalue weighted by molar-refractivity contribution is 7.18. The normalized spacial score (nSPS) is 17.0. The van der Waals surface area contributed by atoms with E-state index in [1.165, 1.54) is 9.27 Å². The minimum absolute atomic E-state index is 0.0217. The third kappa shape index (κ3) is 3.65. The van der Waals surface area contributed by atoms with Gasteiger partial charge >= 0.3 is 0 Å². The zero-order valence-corrected chi connectivity index (χ0v) is 20.9. The van der Waals surface area contributed by atoms with Crippen LogP contribution in [0.3, 0.4) is 0 Å². The number of aryl methyl sites for hydroxylation is 1. The second-order valence-electron chi connectivity index (χ2n) is 9.58. The van der Waals surface area contributed by atoms with Gasteiger partial charge in [0.05, 0.1) is 26.4 Å². The molecule has 2 aliphatic rings. The first-order valence-corrected chi connectivity index (χ1v) is 13.1. The van der Waals surface area contributed by atoms with E-state index in [9.17, 15) is 14.4 Å². The molecule has 0 spiro atoms. The molecule has 4 aromatic rings. The highest BCUT2D eigenvalue weighted by atomic mass is 32.1. The van der Waals surface area contributed by atoms with Gasteiger partial charge in [-0.05, 0) is 49.6 Å². The lowest BCUT2D eigenvalue weighted by Gasteiger charge is -2.34. The Bertz CT molecular complexity index is 1550. The molecule has 0 saturated carbocycles. The van der Waals surface area contributed by atoms with E-state index in [0.717, 1.165) is 40.9 Å². The number of benzene rings is 2.